The first kappa shape index (κ1) is 18.4. The number of benzene rings is 1. The van der Waals surface area contributed by atoms with Crippen LogP contribution >= 0.6 is 11.8 Å². The largest absolute Gasteiger partial charge is 0.350 e. The van der Waals surface area contributed by atoms with Crippen molar-refractivity contribution in [2.24, 2.45) is 0 Å². The van der Waals surface area contributed by atoms with Gasteiger partial charge in [-0.15, -0.1) is 0 Å². The summed E-state index contributed by atoms with van der Waals surface area (Å²) in [7, 11) is 0. The number of amides is 2. The predicted octanol–water partition coefficient (Wildman–Crippen LogP) is 2.48. The van der Waals surface area contributed by atoms with Crippen molar-refractivity contribution in [3.05, 3.63) is 42.0 Å². The molecule has 1 saturated heterocycles. The maximum atomic E-state index is 13.2. The van der Waals surface area contributed by atoms with E-state index in [0.29, 0.717) is 16.5 Å². The Morgan fingerprint density at radius 3 is 2.58 bits per heavy atom. The van der Waals surface area contributed by atoms with Crippen LogP contribution in [0.1, 0.15) is 29.8 Å². The molecular weight excluding hydrogens is 355 g/mol. The molecule has 6 nitrogen and oxygen atoms in total. The molecule has 1 aromatic carbocycles. The molecule has 26 heavy (non-hydrogen) atoms. The van der Waals surface area contributed by atoms with Gasteiger partial charge in [0.15, 0.2) is 5.16 Å². The second-order valence-electron chi connectivity index (χ2n) is 6.04. The number of carbonyl (C=O) groups excluding carboxylic acids is 2. The van der Waals surface area contributed by atoms with Crippen molar-refractivity contribution in [3.63, 3.8) is 0 Å². The molecule has 2 heterocycles. The molecule has 2 aromatic rings. The molecule has 1 N–H and O–H groups in total. The van der Waals surface area contributed by atoms with Crippen molar-refractivity contribution in [2.75, 3.05) is 25.9 Å². The van der Waals surface area contributed by atoms with Crippen LogP contribution in [0.25, 0.3) is 5.69 Å². The molecule has 1 fully saturated rings. The standard InChI is InChI=1S/C18H21FN4O2S/c1-26-18-21-12-15(23(18)14-6-4-13(19)5-7-14)17(25)20-9-8-16(24)22-10-2-3-11-22/h4-7,12H,2-3,8-11H2,1H3,(H,20,25). The summed E-state index contributed by atoms with van der Waals surface area (Å²) in [6.45, 7) is 1.89. The van der Waals surface area contributed by atoms with Crippen LogP contribution in [0.2, 0.25) is 0 Å². The Kier molecular flexibility index (Phi) is 5.92. The lowest BCUT2D eigenvalue weighted by molar-refractivity contribution is -0.129. The Bertz CT molecular complexity index is 785. The summed E-state index contributed by atoms with van der Waals surface area (Å²) >= 11 is 1.40. The maximum Gasteiger partial charge on any atom is 0.269 e. The number of nitrogens with zero attached hydrogens (tertiary/aromatic N) is 3. The molecule has 0 bridgehead atoms. The molecule has 8 heteroatoms. The van der Waals surface area contributed by atoms with Gasteiger partial charge in [0.25, 0.3) is 5.91 Å². The van der Waals surface area contributed by atoms with Gasteiger partial charge in [-0.05, 0) is 43.4 Å². The minimum Gasteiger partial charge on any atom is -0.350 e. The lowest BCUT2D eigenvalue weighted by Gasteiger charge is -2.15. The average Bonchev–Trinajstić information content (AvgIpc) is 3.32. The van der Waals surface area contributed by atoms with Crippen LogP contribution in [-0.4, -0.2) is 52.2 Å². The normalized spacial score (nSPS) is 13.8. The van der Waals surface area contributed by atoms with E-state index in [2.05, 4.69) is 10.3 Å². The van der Waals surface area contributed by atoms with Gasteiger partial charge in [-0.3, -0.25) is 14.2 Å². The van der Waals surface area contributed by atoms with E-state index in [1.54, 1.807) is 16.7 Å². The summed E-state index contributed by atoms with van der Waals surface area (Å²) in [5.74, 6) is -0.581. The second-order valence-corrected chi connectivity index (χ2v) is 6.81. The quantitative estimate of drug-likeness (QED) is 0.787. The van der Waals surface area contributed by atoms with Gasteiger partial charge in [-0.1, -0.05) is 11.8 Å². The highest BCUT2D eigenvalue weighted by molar-refractivity contribution is 7.98. The topological polar surface area (TPSA) is 67.2 Å². The van der Waals surface area contributed by atoms with E-state index in [0.717, 1.165) is 25.9 Å². The summed E-state index contributed by atoms with van der Waals surface area (Å²) in [5, 5.41) is 3.42. The highest BCUT2D eigenvalue weighted by Crippen LogP contribution is 2.22. The van der Waals surface area contributed by atoms with Crippen LogP contribution in [0.5, 0.6) is 0 Å². The van der Waals surface area contributed by atoms with E-state index in [1.807, 2.05) is 11.2 Å². The highest BCUT2D eigenvalue weighted by Gasteiger charge is 2.20. The molecule has 1 aromatic heterocycles. The number of carbonyl (C=O) groups is 2. The predicted molar refractivity (Wildman–Crippen MR) is 98.1 cm³/mol. The van der Waals surface area contributed by atoms with Crippen molar-refractivity contribution in [1.82, 2.24) is 19.8 Å². The van der Waals surface area contributed by atoms with Gasteiger partial charge in [0.1, 0.15) is 11.5 Å². The monoisotopic (exact) mass is 376 g/mol. The van der Waals surface area contributed by atoms with Crippen molar-refractivity contribution < 1.29 is 14.0 Å². The van der Waals surface area contributed by atoms with Gasteiger partial charge >= 0.3 is 0 Å². The molecule has 3 rings (SSSR count). The zero-order valence-corrected chi connectivity index (χ0v) is 15.4. The molecule has 1 aliphatic heterocycles. The molecular formula is C18H21FN4O2S. The number of thioether (sulfide) groups is 1. The molecule has 1 aliphatic rings. The summed E-state index contributed by atoms with van der Waals surface area (Å²) < 4.78 is 14.9. The smallest absolute Gasteiger partial charge is 0.269 e. The molecule has 0 atom stereocenters. The number of aromatic nitrogens is 2. The molecule has 0 unspecified atom stereocenters. The van der Waals surface area contributed by atoms with E-state index >= 15 is 0 Å². The zero-order chi connectivity index (χ0) is 18.5. The Morgan fingerprint density at radius 1 is 1.23 bits per heavy atom. The molecule has 0 spiro atoms. The Morgan fingerprint density at radius 2 is 1.92 bits per heavy atom. The van der Waals surface area contributed by atoms with Gasteiger partial charge in [-0.25, -0.2) is 9.37 Å². The molecule has 138 valence electrons. The first-order valence-corrected chi connectivity index (χ1v) is 9.76. The summed E-state index contributed by atoms with van der Waals surface area (Å²) in [5.41, 5.74) is 1.01. The Hall–Kier alpha value is -2.35. The fraction of sp³-hybridized carbons (Fsp3) is 0.389. The third-order valence-electron chi connectivity index (χ3n) is 4.31. The maximum absolute atomic E-state index is 13.2. The molecule has 0 radical (unpaired) electrons. The number of hydrogen-bond acceptors (Lipinski definition) is 4. The van der Waals surface area contributed by atoms with Gasteiger partial charge in [0.2, 0.25) is 5.91 Å². The van der Waals surface area contributed by atoms with Crippen molar-refractivity contribution in [2.45, 2.75) is 24.4 Å². The summed E-state index contributed by atoms with van der Waals surface area (Å²) in [6.07, 6.45) is 5.73. The first-order valence-electron chi connectivity index (χ1n) is 8.54. The molecule has 2 amide bonds. The first-order chi connectivity index (χ1) is 12.6. The lowest BCUT2D eigenvalue weighted by atomic mass is 10.3. The highest BCUT2D eigenvalue weighted by atomic mass is 32.2. The third-order valence-corrected chi connectivity index (χ3v) is 4.97. The number of halogens is 1. The van der Waals surface area contributed by atoms with E-state index < -0.39 is 0 Å². The lowest BCUT2D eigenvalue weighted by Crippen LogP contribution is -2.33. The van der Waals surface area contributed by atoms with Crippen molar-refractivity contribution >= 4 is 23.6 Å². The number of nitrogens with one attached hydrogen (secondary N) is 1. The Labute approximate surface area is 155 Å². The number of hydrogen-bond donors (Lipinski definition) is 1. The van der Waals surface area contributed by atoms with Crippen LogP contribution in [0.4, 0.5) is 4.39 Å². The average molecular weight is 376 g/mol. The van der Waals surface area contributed by atoms with Crippen LogP contribution < -0.4 is 5.32 Å². The van der Waals surface area contributed by atoms with E-state index in [4.69, 9.17) is 0 Å². The summed E-state index contributed by atoms with van der Waals surface area (Å²) in [4.78, 5) is 30.7. The van der Waals surface area contributed by atoms with Crippen LogP contribution in [0, 0.1) is 5.82 Å². The van der Waals surface area contributed by atoms with E-state index in [1.165, 1.54) is 30.1 Å². The van der Waals surface area contributed by atoms with E-state index in [9.17, 15) is 14.0 Å². The number of rotatable bonds is 6. The zero-order valence-electron chi connectivity index (χ0n) is 14.6. The van der Waals surface area contributed by atoms with Crippen molar-refractivity contribution in [1.29, 1.82) is 0 Å². The molecule has 0 aliphatic carbocycles. The second kappa shape index (κ2) is 8.35. The number of likely N-dealkylation sites (tertiary alicyclic amines) is 1. The molecule has 0 saturated carbocycles. The Balaban J connectivity index is 1.68. The fourth-order valence-electron chi connectivity index (χ4n) is 2.98. The van der Waals surface area contributed by atoms with E-state index in [-0.39, 0.29) is 30.6 Å². The fourth-order valence-corrected chi connectivity index (χ4v) is 3.52. The van der Waals surface area contributed by atoms with Gasteiger partial charge in [0.05, 0.1) is 6.20 Å². The SMILES string of the molecule is CSc1ncc(C(=O)NCCC(=O)N2CCCC2)n1-c1ccc(F)cc1. The minimum absolute atomic E-state index is 0.0691. The van der Waals surface area contributed by atoms with Gasteiger partial charge < -0.3 is 10.2 Å². The minimum atomic E-state index is -0.342. The third kappa shape index (κ3) is 4.07. The summed E-state index contributed by atoms with van der Waals surface area (Å²) in [6, 6.07) is 5.89. The van der Waals surface area contributed by atoms with Gasteiger partial charge in [-0.2, -0.15) is 0 Å². The van der Waals surface area contributed by atoms with Crippen LogP contribution in [0.3, 0.4) is 0 Å². The van der Waals surface area contributed by atoms with Crippen LogP contribution in [0.15, 0.2) is 35.6 Å². The van der Waals surface area contributed by atoms with Crippen molar-refractivity contribution in [3.8, 4) is 5.69 Å². The number of imidazole rings is 1. The van der Waals surface area contributed by atoms with Crippen LogP contribution in [-0.2, 0) is 4.79 Å². The van der Waals surface area contributed by atoms with Gasteiger partial charge in [0, 0.05) is 31.7 Å².